The van der Waals surface area contributed by atoms with Gasteiger partial charge in [0.2, 0.25) is 0 Å². The number of carbonyl (C=O) groups is 2. The van der Waals surface area contributed by atoms with E-state index in [0.29, 0.717) is 12.8 Å². The zero-order valence-corrected chi connectivity index (χ0v) is 12.9. The molecule has 0 saturated heterocycles. The van der Waals surface area contributed by atoms with Gasteiger partial charge in [0.15, 0.2) is 0 Å². The summed E-state index contributed by atoms with van der Waals surface area (Å²) < 4.78 is 0. The Hall–Kier alpha value is -1.26. The van der Waals surface area contributed by atoms with Crippen molar-refractivity contribution in [1.29, 1.82) is 0 Å². The summed E-state index contributed by atoms with van der Waals surface area (Å²) in [5.41, 5.74) is 0. The zero-order valence-electron chi connectivity index (χ0n) is 11.2. The SMILES string of the molecule is CC(=O)C1[C@@H](c2cccs2)CC(=O)C[C@H]1c1cccs1. The summed E-state index contributed by atoms with van der Waals surface area (Å²) in [5.74, 6) is 0.528. The predicted molar refractivity (Wildman–Crippen MR) is 82.5 cm³/mol. The highest BCUT2D eigenvalue weighted by molar-refractivity contribution is 7.10. The molecule has 2 heterocycles. The molecule has 0 bridgehead atoms. The molecule has 1 fully saturated rings. The predicted octanol–water partition coefficient (Wildman–Crippen LogP) is 4.25. The summed E-state index contributed by atoms with van der Waals surface area (Å²) >= 11 is 3.30. The van der Waals surface area contributed by atoms with Crippen molar-refractivity contribution in [3.8, 4) is 0 Å². The number of rotatable bonds is 3. The third kappa shape index (κ3) is 2.50. The molecule has 20 heavy (non-hydrogen) atoms. The van der Waals surface area contributed by atoms with Crippen LogP contribution in [0.25, 0.3) is 0 Å². The molecule has 3 rings (SSSR count). The Balaban J connectivity index is 2.01. The maximum Gasteiger partial charge on any atom is 0.134 e. The average molecular weight is 304 g/mol. The van der Waals surface area contributed by atoms with Crippen LogP contribution < -0.4 is 0 Å². The lowest BCUT2D eigenvalue weighted by Crippen LogP contribution is -2.34. The third-order valence-corrected chi connectivity index (χ3v) is 6.06. The first-order chi connectivity index (χ1) is 9.66. The lowest BCUT2D eigenvalue weighted by molar-refractivity contribution is -0.127. The van der Waals surface area contributed by atoms with Crippen LogP contribution in [0.3, 0.4) is 0 Å². The smallest absolute Gasteiger partial charge is 0.134 e. The van der Waals surface area contributed by atoms with Crippen molar-refractivity contribution in [3.63, 3.8) is 0 Å². The molecule has 2 nitrogen and oxygen atoms in total. The fraction of sp³-hybridized carbons (Fsp3) is 0.375. The lowest BCUT2D eigenvalue weighted by Gasteiger charge is -2.35. The molecule has 0 radical (unpaired) electrons. The number of carbonyl (C=O) groups excluding carboxylic acids is 2. The molecular formula is C16H16O2S2. The van der Waals surface area contributed by atoms with Crippen LogP contribution in [-0.2, 0) is 9.59 Å². The molecular weight excluding hydrogens is 288 g/mol. The Morgan fingerprint density at radius 2 is 1.55 bits per heavy atom. The van der Waals surface area contributed by atoms with E-state index in [9.17, 15) is 9.59 Å². The van der Waals surface area contributed by atoms with Crippen LogP contribution in [0.2, 0.25) is 0 Å². The van der Waals surface area contributed by atoms with E-state index in [1.807, 2.05) is 22.9 Å². The van der Waals surface area contributed by atoms with E-state index in [4.69, 9.17) is 0 Å². The molecule has 1 saturated carbocycles. The van der Waals surface area contributed by atoms with E-state index >= 15 is 0 Å². The van der Waals surface area contributed by atoms with Crippen LogP contribution in [0.15, 0.2) is 35.0 Å². The maximum absolute atomic E-state index is 12.2. The van der Waals surface area contributed by atoms with Gasteiger partial charge in [0.1, 0.15) is 11.6 Å². The number of hydrogen-bond acceptors (Lipinski definition) is 4. The van der Waals surface area contributed by atoms with Crippen LogP contribution in [0.1, 0.15) is 41.4 Å². The van der Waals surface area contributed by atoms with Crippen molar-refractivity contribution in [3.05, 3.63) is 44.8 Å². The fourth-order valence-electron chi connectivity index (χ4n) is 3.23. The van der Waals surface area contributed by atoms with Crippen LogP contribution in [0.4, 0.5) is 0 Å². The second-order valence-corrected chi connectivity index (χ2v) is 7.29. The summed E-state index contributed by atoms with van der Waals surface area (Å²) in [4.78, 5) is 26.7. The van der Waals surface area contributed by atoms with Crippen molar-refractivity contribution in [1.82, 2.24) is 0 Å². The van der Waals surface area contributed by atoms with Gasteiger partial charge < -0.3 is 0 Å². The Labute approximate surface area is 126 Å². The largest absolute Gasteiger partial charge is 0.300 e. The number of hydrogen-bond donors (Lipinski definition) is 0. The standard InChI is InChI=1S/C16H16O2S2/c1-10(17)16-12(14-4-2-6-19-14)8-11(18)9-13(16)15-5-3-7-20-15/h2-7,12-13,16H,8-9H2,1H3/t12-,13+,16?. The Bertz CT molecular complexity index is 552. The van der Waals surface area contributed by atoms with Crippen LogP contribution >= 0.6 is 22.7 Å². The summed E-state index contributed by atoms with van der Waals surface area (Å²) in [6.07, 6.45) is 1.01. The van der Waals surface area contributed by atoms with Gasteiger partial charge in [0.05, 0.1) is 0 Å². The first-order valence-electron chi connectivity index (χ1n) is 6.75. The molecule has 3 atom stereocenters. The Morgan fingerprint density at radius 1 is 1.05 bits per heavy atom. The molecule has 0 N–H and O–H groups in total. The van der Waals surface area contributed by atoms with Crippen molar-refractivity contribution < 1.29 is 9.59 Å². The van der Waals surface area contributed by atoms with Crippen molar-refractivity contribution in [2.24, 2.45) is 5.92 Å². The second kappa shape index (κ2) is 5.62. The van der Waals surface area contributed by atoms with Gasteiger partial charge in [-0.25, -0.2) is 0 Å². The van der Waals surface area contributed by atoms with Crippen molar-refractivity contribution in [2.75, 3.05) is 0 Å². The quantitative estimate of drug-likeness (QED) is 0.849. The van der Waals surface area contributed by atoms with Gasteiger partial charge in [-0.05, 0) is 29.8 Å². The molecule has 0 amide bonds. The molecule has 1 aliphatic carbocycles. The highest BCUT2D eigenvalue weighted by Crippen LogP contribution is 2.47. The van der Waals surface area contributed by atoms with Crippen molar-refractivity contribution >= 4 is 34.2 Å². The van der Waals surface area contributed by atoms with Gasteiger partial charge in [-0.2, -0.15) is 0 Å². The Morgan fingerprint density at radius 3 is 1.90 bits per heavy atom. The van der Waals surface area contributed by atoms with Gasteiger partial charge >= 0.3 is 0 Å². The third-order valence-electron chi connectivity index (χ3n) is 4.05. The number of Topliss-reactive ketones (excluding diaryl/α,β-unsaturated/α-hetero) is 2. The maximum atomic E-state index is 12.2. The molecule has 1 aliphatic rings. The van der Waals surface area contributed by atoms with E-state index in [2.05, 4.69) is 12.1 Å². The Kier molecular flexibility index (Phi) is 3.85. The highest BCUT2D eigenvalue weighted by Gasteiger charge is 2.41. The van der Waals surface area contributed by atoms with E-state index in [0.717, 1.165) is 0 Å². The molecule has 2 aromatic heterocycles. The van der Waals surface area contributed by atoms with Crippen molar-refractivity contribution in [2.45, 2.75) is 31.6 Å². The summed E-state index contributed by atoms with van der Waals surface area (Å²) in [5, 5.41) is 4.04. The highest BCUT2D eigenvalue weighted by atomic mass is 32.1. The molecule has 0 aromatic carbocycles. The first kappa shape index (κ1) is 13.7. The summed E-state index contributed by atoms with van der Waals surface area (Å²) in [6.45, 7) is 1.67. The van der Waals surface area contributed by atoms with E-state index in [-0.39, 0.29) is 29.3 Å². The van der Waals surface area contributed by atoms with Gasteiger partial charge in [-0.15, -0.1) is 22.7 Å². The van der Waals surface area contributed by atoms with Crippen LogP contribution in [0.5, 0.6) is 0 Å². The lowest BCUT2D eigenvalue weighted by atomic mass is 9.68. The minimum atomic E-state index is -0.0648. The molecule has 2 aromatic rings. The number of thiophene rings is 2. The number of ketones is 2. The fourth-order valence-corrected chi connectivity index (χ4v) is 4.99. The van der Waals surface area contributed by atoms with Crippen LogP contribution in [0, 0.1) is 5.92 Å². The topological polar surface area (TPSA) is 34.1 Å². The van der Waals surface area contributed by atoms with Gasteiger partial charge in [0.25, 0.3) is 0 Å². The van der Waals surface area contributed by atoms with Gasteiger partial charge in [0, 0.05) is 40.3 Å². The zero-order chi connectivity index (χ0) is 14.1. The van der Waals surface area contributed by atoms with Gasteiger partial charge in [-0.3, -0.25) is 9.59 Å². The minimum absolute atomic E-state index is 0.0563. The summed E-state index contributed by atoms with van der Waals surface area (Å²) in [6, 6.07) is 8.09. The molecule has 1 unspecified atom stereocenters. The average Bonchev–Trinajstić information content (AvgIpc) is 3.11. The molecule has 104 valence electrons. The first-order valence-corrected chi connectivity index (χ1v) is 8.51. The molecule has 4 heteroatoms. The molecule has 0 aliphatic heterocycles. The van der Waals surface area contributed by atoms with Crippen LogP contribution in [-0.4, -0.2) is 11.6 Å². The second-order valence-electron chi connectivity index (χ2n) is 5.33. The minimum Gasteiger partial charge on any atom is -0.300 e. The summed E-state index contributed by atoms with van der Waals surface area (Å²) in [7, 11) is 0. The van der Waals surface area contributed by atoms with Gasteiger partial charge in [-0.1, -0.05) is 12.1 Å². The van der Waals surface area contributed by atoms with E-state index < -0.39 is 0 Å². The van der Waals surface area contributed by atoms with E-state index in [1.54, 1.807) is 29.6 Å². The monoisotopic (exact) mass is 304 g/mol. The van der Waals surface area contributed by atoms with E-state index in [1.165, 1.54) is 9.75 Å². The molecule has 0 spiro atoms. The normalized spacial score (nSPS) is 26.6.